The molecule has 5 rings (SSSR count). The highest BCUT2D eigenvalue weighted by molar-refractivity contribution is 5.65. The van der Waals surface area contributed by atoms with E-state index >= 15 is 0 Å². The number of likely N-dealkylation sites (tertiary alicyclic amines) is 1. The van der Waals surface area contributed by atoms with E-state index in [1.165, 1.54) is 0 Å². The number of nitrogens with one attached hydrogen (secondary N) is 1. The Morgan fingerprint density at radius 1 is 1.17 bits per heavy atom. The smallest absolute Gasteiger partial charge is 0.227 e. The van der Waals surface area contributed by atoms with Crippen molar-refractivity contribution in [3.8, 4) is 23.1 Å². The van der Waals surface area contributed by atoms with E-state index < -0.39 is 6.23 Å². The van der Waals surface area contributed by atoms with Crippen LogP contribution < -0.4 is 10.1 Å². The number of aliphatic hydroxyl groups excluding tert-OH is 1. The molecule has 1 unspecified atom stereocenters. The van der Waals surface area contributed by atoms with Crippen LogP contribution in [0, 0.1) is 11.3 Å². The van der Waals surface area contributed by atoms with E-state index in [0.29, 0.717) is 60.5 Å². The number of rotatable bonds is 8. The Labute approximate surface area is 209 Å². The van der Waals surface area contributed by atoms with Gasteiger partial charge in [-0.2, -0.15) is 5.26 Å². The molecule has 0 aliphatic carbocycles. The molecule has 0 bridgehead atoms. The molecule has 0 amide bonds. The molecule has 2 saturated heterocycles. The number of aliphatic hydroxyl groups is 1. The summed E-state index contributed by atoms with van der Waals surface area (Å²) in [5.74, 6) is 0.950. The average Bonchev–Trinajstić information content (AvgIpc) is 2.89. The molecule has 0 spiro atoms. The summed E-state index contributed by atoms with van der Waals surface area (Å²) < 4.78 is 16.7. The van der Waals surface area contributed by atoms with Crippen LogP contribution in [-0.2, 0) is 9.47 Å². The summed E-state index contributed by atoms with van der Waals surface area (Å²) in [6.07, 6.45) is 6.01. The van der Waals surface area contributed by atoms with Crippen LogP contribution in [0.1, 0.15) is 30.2 Å². The summed E-state index contributed by atoms with van der Waals surface area (Å²) in [6, 6.07) is 11.3. The van der Waals surface area contributed by atoms with E-state index in [0.717, 1.165) is 18.4 Å². The van der Waals surface area contributed by atoms with Gasteiger partial charge in [-0.3, -0.25) is 9.88 Å². The van der Waals surface area contributed by atoms with Crippen LogP contribution in [-0.4, -0.2) is 70.6 Å². The molecule has 10 heteroatoms. The number of hydrogen-bond donors (Lipinski definition) is 2. The lowest BCUT2D eigenvalue weighted by molar-refractivity contribution is -0.114. The molecule has 0 radical (unpaired) electrons. The van der Waals surface area contributed by atoms with Crippen molar-refractivity contribution in [2.24, 2.45) is 0 Å². The van der Waals surface area contributed by atoms with Crippen molar-refractivity contribution >= 4 is 11.6 Å². The van der Waals surface area contributed by atoms with Crippen molar-refractivity contribution in [1.29, 1.82) is 5.26 Å². The van der Waals surface area contributed by atoms with Gasteiger partial charge in [-0.05, 0) is 30.3 Å². The van der Waals surface area contributed by atoms with Gasteiger partial charge in [0.1, 0.15) is 24.2 Å². The normalized spacial score (nSPS) is 17.7. The molecule has 1 aromatic carbocycles. The van der Waals surface area contributed by atoms with Crippen molar-refractivity contribution < 1.29 is 19.3 Å². The second-order valence-corrected chi connectivity index (χ2v) is 8.84. The highest BCUT2D eigenvalue weighted by Gasteiger charge is 2.32. The number of methoxy groups -OCH3 is 1. The van der Waals surface area contributed by atoms with E-state index in [4.69, 9.17) is 14.2 Å². The summed E-state index contributed by atoms with van der Waals surface area (Å²) in [5, 5.41) is 23.5. The predicted molar refractivity (Wildman–Crippen MR) is 132 cm³/mol. The zero-order chi connectivity index (χ0) is 24.9. The summed E-state index contributed by atoms with van der Waals surface area (Å²) >= 11 is 0. The number of anilines is 2. The Morgan fingerprint density at radius 3 is 2.78 bits per heavy atom. The first kappa shape index (κ1) is 24.1. The number of pyridine rings is 1. The SMILES string of the molecule is COC1CN(C(O)c2cncc(Nc3nccc(-c4ccc(OC5CCOCC5)c(C#N)c4)n3)c2)C1. The van der Waals surface area contributed by atoms with Crippen molar-refractivity contribution in [1.82, 2.24) is 19.9 Å². The average molecular weight is 489 g/mol. The van der Waals surface area contributed by atoms with Crippen LogP contribution in [0.3, 0.4) is 0 Å². The lowest BCUT2D eigenvalue weighted by atomic mass is 10.1. The Hall–Kier alpha value is -3.62. The summed E-state index contributed by atoms with van der Waals surface area (Å²) in [7, 11) is 1.67. The molecule has 3 aromatic rings. The van der Waals surface area contributed by atoms with Gasteiger partial charge < -0.3 is 24.6 Å². The molecule has 2 aliphatic heterocycles. The van der Waals surface area contributed by atoms with Gasteiger partial charge in [0.05, 0.1) is 42.5 Å². The zero-order valence-corrected chi connectivity index (χ0v) is 20.0. The Bertz CT molecular complexity index is 1240. The fourth-order valence-electron chi connectivity index (χ4n) is 4.26. The van der Waals surface area contributed by atoms with Crippen molar-refractivity contribution in [2.45, 2.75) is 31.3 Å². The molecule has 2 aliphatic rings. The predicted octanol–water partition coefficient (Wildman–Crippen LogP) is 3.03. The Morgan fingerprint density at radius 2 is 2.00 bits per heavy atom. The first-order valence-electron chi connectivity index (χ1n) is 11.9. The highest BCUT2D eigenvalue weighted by atomic mass is 16.5. The lowest BCUT2D eigenvalue weighted by Gasteiger charge is -2.41. The van der Waals surface area contributed by atoms with Gasteiger partial charge in [-0.15, -0.1) is 0 Å². The molecule has 1 atom stereocenters. The van der Waals surface area contributed by atoms with Crippen molar-refractivity contribution in [2.75, 3.05) is 38.7 Å². The number of nitriles is 1. The van der Waals surface area contributed by atoms with Gasteiger partial charge in [0, 0.05) is 56.6 Å². The van der Waals surface area contributed by atoms with E-state index in [9.17, 15) is 10.4 Å². The van der Waals surface area contributed by atoms with E-state index in [1.807, 2.05) is 23.1 Å². The minimum absolute atomic E-state index is 0.0527. The van der Waals surface area contributed by atoms with Crippen LogP contribution in [0.4, 0.5) is 11.6 Å². The Kier molecular flexibility index (Phi) is 7.34. The van der Waals surface area contributed by atoms with E-state index in [1.54, 1.807) is 37.8 Å². The molecule has 2 aromatic heterocycles. The molecular weight excluding hydrogens is 460 g/mol. The second kappa shape index (κ2) is 11.0. The van der Waals surface area contributed by atoms with Gasteiger partial charge in [0.15, 0.2) is 0 Å². The molecule has 10 nitrogen and oxygen atoms in total. The Balaban J connectivity index is 1.29. The molecular formula is C26H28N6O4. The maximum Gasteiger partial charge on any atom is 0.227 e. The quantitative estimate of drug-likeness (QED) is 0.489. The topological polar surface area (TPSA) is 126 Å². The fraction of sp³-hybridized carbons (Fsp3) is 0.385. The standard InChI is InChI=1S/C26H28N6O4/c1-34-22-15-32(16-22)25(33)19-11-20(14-28-13-19)30-26-29-7-4-23(31-26)17-2-3-24(18(10-17)12-27)36-21-5-8-35-9-6-21/h2-4,7,10-11,13-14,21-22,25,33H,5-6,8-9,15-16H2,1H3,(H,29,30,31). The third kappa shape index (κ3) is 5.45. The minimum Gasteiger partial charge on any atom is -0.489 e. The molecule has 2 N–H and O–H groups in total. The first-order chi connectivity index (χ1) is 17.6. The molecule has 36 heavy (non-hydrogen) atoms. The molecule has 186 valence electrons. The molecule has 0 saturated carbocycles. The first-order valence-corrected chi connectivity index (χ1v) is 11.9. The van der Waals surface area contributed by atoms with Crippen LogP contribution in [0.25, 0.3) is 11.3 Å². The number of benzene rings is 1. The second-order valence-electron chi connectivity index (χ2n) is 8.84. The van der Waals surface area contributed by atoms with E-state index in [2.05, 4.69) is 26.3 Å². The van der Waals surface area contributed by atoms with Crippen molar-refractivity contribution in [3.63, 3.8) is 0 Å². The van der Waals surface area contributed by atoms with Crippen LogP contribution >= 0.6 is 0 Å². The molecule has 4 heterocycles. The maximum atomic E-state index is 10.6. The van der Waals surface area contributed by atoms with Gasteiger partial charge in [-0.1, -0.05) is 0 Å². The summed E-state index contributed by atoms with van der Waals surface area (Å²) in [6.45, 7) is 2.69. The minimum atomic E-state index is -0.760. The lowest BCUT2D eigenvalue weighted by Crippen LogP contribution is -2.53. The zero-order valence-electron chi connectivity index (χ0n) is 20.0. The van der Waals surface area contributed by atoms with E-state index in [-0.39, 0.29) is 12.2 Å². The molecule has 2 fully saturated rings. The number of aromatic nitrogens is 3. The number of nitrogens with zero attached hydrogens (tertiary/aromatic N) is 5. The van der Waals surface area contributed by atoms with Gasteiger partial charge in [-0.25, -0.2) is 9.97 Å². The number of hydrogen-bond acceptors (Lipinski definition) is 10. The van der Waals surface area contributed by atoms with Gasteiger partial charge in [0.25, 0.3) is 0 Å². The largest absolute Gasteiger partial charge is 0.489 e. The summed E-state index contributed by atoms with van der Waals surface area (Å²) in [4.78, 5) is 15.1. The third-order valence-corrected chi connectivity index (χ3v) is 6.38. The highest BCUT2D eigenvalue weighted by Crippen LogP contribution is 2.29. The maximum absolute atomic E-state index is 10.6. The monoisotopic (exact) mass is 488 g/mol. The fourth-order valence-corrected chi connectivity index (χ4v) is 4.26. The van der Waals surface area contributed by atoms with Gasteiger partial charge >= 0.3 is 0 Å². The summed E-state index contributed by atoms with van der Waals surface area (Å²) in [5.41, 5.74) is 3.23. The van der Waals surface area contributed by atoms with Crippen LogP contribution in [0.2, 0.25) is 0 Å². The van der Waals surface area contributed by atoms with Crippen LogP contribution in [0.15, 0.2) is 48.9 Å². The van der Waals surface area contributed by atoms with Crippen molar-refractivity contribution in [3.05, 3.63) is 60.0 Å². The third-order valence-electron chi connectivity index (χ3n) is 6.38. The van der Waals surface area contributed by atoms with Crippen LogP contribution in [0.5, 0.6) is 5.75 Å². The van der Waals surface area contributed by atoms with Gasteiger partial charge in [0.2, 0.25) is 5.95 Å². The number of ether oxygens (including phenoxy) is 3.